The lowest BCUT2D eigenvalue weighted by atomic mass is 9.87. The van der Waals surface area contributed by atoms with Crippen LogP contribution in [0.3, 0.4) is 0 Å². The standard InChI is InChI=1S/C29H37ClN2O6/c1-20-29(16-14-25(34)38-28(2,3)4,27(35)31-17-15-21-6-10-23(30)11-7-21)32-26(37-20)22-8-12-24(13-9-22)36-19-5-18-33/h6-13,20,33H,5,14-19H2,1-4H3,(H,31,35)/t20-,29-/m1/s1. The number of hydrogen-bond donors (Lipinski definition) is 2. The molecule has 0 radical (unpaired) electrons. The van der Waals surface area contributed by atoms with Crippen LogP contribution in [0.15, 0.2) is 53.5 Å². The zero-order chi connectivity index (χ0) is 27.8. The highest BCUT2D eigenvalue weighted by Crippen LogP contribution is 2.34. The molecule has 0 unspecified atom stereocenters. The van der Waals surface area contributed by atoms with Crippen molar-refractivity contribution in [2.24, 2.45) is 4.99 Å². The highest BCUT2D eigenvalue weighted by atomic mass is 35.5. The van der Waals surface area contributed by atoms with Crippen LogP contribution >= 0.6 is 11.6 Å². The van der Waals surface area contributed by atoms with Crippen LogP contribution in [0.5, 0.6) is 5.75 Å². The van der Waals surface area contributed by atoms with Gasteiger partial charge in [0.25, 0.3) is 5.91 Å². The number of benzene rings is 2. The molecule has 0 saturated heterocycles. The summed E-state index contributed by atoms with van der Waals surface area (Å²) in [6.07, 6.45) is 0.721. The van der Waals surface area contributed by atoms with Gasteiger partial charge in [-0.1, -0.05) is 23.7 Å². The molecule has 0 spiro atoms. The fourth-order valence-electron chi connectivity index (χ4n) is 4.06. The number of amides is 1. The lowest BCUT2D eigenvalue weighted by Gasteiger charge is -2.28. The fraction of sp³-hybridized carbons (Fsp3) is 0.483. The van der Waals surface area contributed by atoms with Crippen LogP contribution in [0, 0.1) is 0 Å². The third kappa shape index (κ3) is 8.20. The Morgan fingerprint density at radius 2 is 1.82 bits per heavy atom. The topological polar surface area (TPSA) is 106 Å². The second-order valence-corrected chi connectivity index (χ2v) is 10.7. The largest absolute Gasteiger partial charge is 0.494 e. The molecule has 1 aliphatic rings. The zero-order valence-corrected chi connectivity index (χ0v) is 23.2. The van der Waals surface area contributed by atoms with Crippen molar-refractivity contribution in [3.05, 3.63) is 64.7 Å². The van der Waals surface area contributed by atoms with E-state index in [-0.39, 0.29) is 25.4 Å². The van der Waals surface area contributed by atoms with Crippen molar-refractivity contribution in [3.63, 3.8) is 0 Å². The normalized spacial score (nSPS) is 18.9. The summed E-state index contributed by atoms with van der Waals surface area (Å²) < 4.78 is 17.1. The molecule has 0 fully saturated rings. The Morgan fingerprint density at radius 3 is 2.45 bits per heavy atom. The molecular formula is C29H37ClN2O6. The number of carbonyl (C=O) groups excluding carboxylic acids is 2. The van der Waals surface area contributed by atoms with Gasteiger partial charge >= 0.3 is 5.97 Å². The van der Waals surface area contributed by atoms with Gasteiger partial charge in [-0.25, -0.2) is 4.99 Å². The minimum atomic E-state index is -1.29. The molecular weight excluding hydrogens is 508 g/mol. The summed E-state index contributed by atoms with van der Waals surface area (Å²) in [5.74, 6) is 0.286. The maximum absolute atomic E-state index is 13.6. The van der Waals surface area contributed by atoms with Gasteiger partial charge in [-0.2, -0.15) is 0 Å². The summed E-state index contributed by atoms with van der Waals surface area (Å²) in [4.78, 5) is 30.9. The summed E-state index contributed by atoms with van der Waals surface area (Å²) in [7, 11) is 0. The van der Waals surface area contributed by atoms with Crippen molar-refractivity contribution in [2.45, 2.75) is 70.6 Å². The second kappa shape index (κ2) is 13.1. The van der Waals surface area contributed by atoms with E-state index in [0.29, 0.717) is 48.2 Å². The molecule has 2 atom stereocenters. The first-order chi connectivity index (χ1) is 18.0. The second-order valence-electron chi connectivity index (χ2n) is 10.3. The summed E-state index contributed by atoms with van der Waals surface area (Å²) >= 11 is 5.97. The van der Waals surface area contributed by atoms with Crippen LogP contribution in [0.25, 0.3) is 0 Å². The minimum absolute atomic E-state index is 0.0178. The first-order valence-electron chi connectivity index (χ1n) is 12.9. The van der Waals surface area contributed by atoms with Gasteiger partial charge < -0.3 is 24.6 Å². The molecule has 2 aromatic carbocycles. The first kappa shape index (κ1) is 29.5. The van der Waals surface area contributed by atoms with E-state index in [1.54, 1.807) is 39.8 Å². The smallest absolute Gasteiger partial charge is 0.306 e. The molecule has 38 heavy (non-hydrogen) atoms. The van der Waals surface area contributed by atoms with Crippen LogP contribution in [-0.4, -0.2) is 59.9 Å². The van der Waals surface area contributed by atoms with E-state index in [9.17, 15) is 9.59 Å². The predicted molar refractivity (Wildman–Crippen MR) is 147 cm³/mol. The Kier molecular flexibility index (Phi) is 10.2. The van der Waals surface area contributed by atoms with Crippen molar-refractivity contribution in [2.75, 3.05) is 19.8 Å². The van der Waals surface area contributed by atoms with E-state index < -0.39 is 23.2 Å². The summed E-state index contributed by atoms with van der Waals surface area (Å²) in [6, 6.07) is 14.7. The van der Waals surface area contributed by atoms with Crippen molar-refractivity contribution >= 4 is 29.4 Å². The Bertz CT molecular complexity index is 1110. The van der Waals surface area contributed by atoms with E-state index in [0.717, 1.165) is 5.56 Å². The number of nitrogens with one attached hydrogen (secondary N) is 1. The summed E-state index contributed by atoms with van der Waals surface area (Å²) in [5, 5.41) is 12.6. The molecule has 2 aromatic rings. The van der Waals surface area contributed by atoms with Crippen LogP contribution < -0.4 is 10.1 Å². The molecule has 0 aliphatic carbocycles. The Morgan fingerprint density at radius 1 is 1.13 bits per heavy atom. The van der Waals surface area contributed by atoms with Gasteiger partial charge in [-0.15, -0.1) is 0 Å². The monoisotopic (exact) mass is 544 g/mol. The van der Waals surface area contributed by atoms with E-state index in [2.05, 4.69) is 5.32 Å². The third-order valence-electron chi connectivity index (χ3n) is 6.07. The number of carbonyl (C=O) groups is 2. The number of nitrogens with zero attached hydrogens (tertiary/aromatic N) is 1. The molecule has 0 aromatic heterocycles. The summed E-state index contributed by atoms with van der Waals surface area (Å²) in [6.45, 7) is 8.07. The molecule has 8 nitrogen and oxygen atoms in total. The van der Waals surface area contributed by atoms with Gasteiger partial charge in [0.15, 0.2) is 5.54 Å². The zero-order valence-electron chi connectivity index (χ0n) is 22.5. The number of hydrogen-bond acceptors (Lipinski definition) is 7. The van der Waals surface area contributed by atoms with Crippen LogP contribution in [-0.2, 0) is 25.5 Å². The van der Waals surface area contributed by atoms with Crippen LogP contribution in [0.4, 0.5) is 0 Å². The van der Waals surface area contributed by atoms with E-state index in [1.807, 2.05) is 36.4 Å². The van der Waals surface area contributed by atoms with E-state index >= 15 is 0 Å². The highest BCUT2D eigenvalue weighted by Gasteiger charge is 2.50. The Balaban J connectivity index is 1.77. The lowest BCUT2D eigenvalue weighted by Crippen LogP contribution is -2.51. The Labute approximate surface area is 229 Å². The number of aliphatic imine (C=N–C) groups is 1. The number of esters is 1. The van der Waals surface area contributed by atoms with Crippen molar-refractivity contribution < 1.29 is 28.9 Å². The van der Waals surface area contributed by atoms with Crippen molar-refractivity contribution in [1.29, 1.82) is 0 Å². The quantitative estimate of drug-likeness (QED) is 0.301. The number of aliphatic hydroxyl groups excluding tert-OH is 1. The van der Waals surface area contributed by atoms with Gasteiger partial charge in [0, 0.05) is 36.6 Å². The van der Waals surface area contributed by atoms with Gasteiger partial charge in [0.1, 0.15) is 17.5 Å². The lowest BCUT2D eigenvalue weighted by molar-refractivity contribution is -0.155. The molecule has 0 bridgehead atoms. The molecule has 9 heteroatoms. The SMILES string of the molecule is C[C@H]1OC(c2ccc(OCCCO)cc2)=N[C@@]1(CCC(=O)OC(C)(C)C)C(=O)NCCc1ccc(Cl)cc1. The summed E-state index contributed by atoms with van der Waals surface area (Å²) in [5.41, 5.74) is -0.181. The molecule has 1 heterocycles. The van der Waals surface area contributed by atoms with Crippen LogP contribution in [0.2, 0.25) is 5.02 Å². The minimum Gasteiger partial charge on any atom is -0.494 e. The average Bonchev–Trinajstić information content (AvgIpc) is 3.21. The molecule has 1 aliphatic heterocycles. The van der Waals surface area contributed by atoms with Gasteiger partial charge in [0.2, 0.25) is 5.90 Å². The fourth-order valence-corrected chi connectivity index (χ4v) is 4.19. The number of rotatable bonds is 12. The van der Waals surface area contributed by atoms with Gasteiger partial charge in [-0.3, -0.25) is 9.59 Å². The third-order valence-corrected chi connectivity index (χ3v) is 6.32. The van der Waals surface area contributed by atoms with Crippen molar-refractivity contribution in [3.8, 4) is 5.75 Å². The number of halogens is 1. The Hall–Kier alpha value is -3.10. The maximum atomic E-state index is 13.6. The molecule has 1 amide bonds. The van der Waals surface area contributed by atoms with Gasteiger partial charge in [-0.05, 0) is 82.5 Å². The highest BCUT2D eigenvalue weighted by molar-refractivity contribution is 6.30. The van der Waals surface area contributed by atoms with Gasteiger partial charge in [0.05, 0.1) is 6.61 Å². The first-order valence-corrected chi connectivity index (χ1v) is 13.3. The average molecular weight is 545 g/mol. The maximum Gasteiger partial charge on any atom is 0.306 e. The molecule has 206 valence electrons. The number of ether oxygens (including phenoxy) is 3. The van der Waals surface area contributed by atoms with Crippen LogP contribution in [0.1, 0.15) is 58.1 Å². The number of aliphatic hydroxyl groups is 1. The predicted octanol–water partition coefficient (Wildman–Crippen LogP) is 4.49. The van der Waals surface area contributed by atoms with E-state index in [4.69, 9.17) is 35.9 Å². The van der Waals surface area contributed by atoms with Crippen molar-refractivity contribution in [1.82, 2.24) is 5.32 Å². The molecule has 3 rings (SSSR count). The molecule has 0 saturated carbocycles. The van der Waals surface area contributed by atoms with E-state index in [1.165, 1.54) is 0 Å². The molecule has 2 N–H and O–H groups in total.